The molecule has 18 heteroatoms. The van der Waals surface area contributed by atoms with E-state index in [-0.39, 0.29) is 41.6 Å². The van der Waals surface area contributed by atoms with Gasteiger partial charge in [0.05, 0.1) is 43.4 Å². The van der Waals surface area contributed by atoms with Crippen molar-refractivity contribution in [3.63, 3.8) is 0 Å². The number of hydrogen-bond donors (Lipinski definition) is 10. The van der Waals surface area contributed by atoms with E-state index >= 15 is 0 Å². The summed E-state index contributed by atoms with van der Waals surface area (Å²) in [6.07, 6.45) is -13.1. The van der Waals surface area contributed by atoms with Crippen LogP contribution in [0.15, 0.2) is 11.6 Å². The highest BCUT2D eigenvalue weighted by atomic mass is 16.8. The number of aliphatic hydroxyl groups is 9. The van der Waals surface area contributed by atoms with E-state index in [1.165, 1.54) is 0 Å². The molecule has 4 saturated carbocycles. The molecule has 18 nitrogen and oxygen atoms in total. The van der Waals surface area contributed by atoms with E-state index in [9.17, 15) is 60.7 Å². The Bertz CT molecular complexity index is 1860. The molecule has 0 amide bonds. The summed E-state index contributed by atoms with van der Waals surface area (Å²) in [4.78, 5) is 25.8. The predicted molar refractivity (Wildman–Crippen MR) is 225 cm³/mol. The molecule has 65 heavy (non-hydrogen) atoms. The number of fused-ring (bicyclic) bond motifs is 9. The molecule has 23 unspecified atom stereocenters. The number of aliphatic carboxylic acids is 1. The molecule has 0 aromatic rings. The Kier molecular flexibility index (Phi) is 12.7. The first-order chi connectivity index (χ1) is 30.3. The van der Waals surface area contributed by atoms with Crippen molar-refractivity contribution in [2.24, 2.45) is 56.2 Å². The van der Waals surface area contributed by atoms with E-state index in [4.69, 9.17) is 28.4 Å². The normalized spacial score (nSPS) is 54.0. The van der Waals surface area contributed by atoms with Gasteiger partial charge in [-0.05, 0) is 85.4 Å². The zero-order valence-electron chi connectivity index (χ0n) is 38.9. The van der Waals surface area contributed by atoms with Crippen LogP contribution in [-0.2, 0) is 38.0 Å². The number of esters is 1. The summed E-state index contributed by atoms with van der Waals surface area (Å²) in [7, 11) is 0. The lowest BCUT2D eigenvalue weighted by Crippen LogP contribution is -2.77. The average molecular weight is 927 g/mol. The fourth-order valence-electron chi connectivity index (χ4n) is 15.0. The van der Waals surface area contributed by atoms with Crippen LogP contribution in [0.1, 0.15) is 107 Å². The Morgan fingerprint density at radius 3 is 2.17 bits per heavy atom. The van der Waals surface area contributed by atoms with Crippen molar-refractivity contribution in [2.45, 2.75) is 192 Å². The maximum atomic E-state index is 13.1. The second kappa shape index (κ2) is 16.6. The van der Waals surface area contributed by atoms with Gasteiger partial charge in [0.15, 0.2) is 12.4 Å². The summed E-state index contributed by atoms with van der Waals surface area (Å²) >= 11 is 0. The minimum atomic E-state index is -2.78. The van der Waals surface area contributed by atoms with Crippen LogP contribution in [-0.4, -0.2) is 168 Å². The van der Waals surface area contributed by atoms with Crippen LogP contribution in [0.2, 0.25) is 0 Å². The number of rotatable bonds is 9. The summed E-state index contributed by atoms with van der Waals surface area (Å²) in [5.41, 5.74) is -3.19. The summed E-state index contributed by atoms with van der Waals surface area (Å²) in [5, 5.41) is 112. The maximum absolute atomic E-state index is 13.1. The SMILES string of the molecule is CCC(C)C(=O)OC1C(O)C2(CO)C(O)CC3(C)C(=CCC4C5(C)CCC(OC6OC(C(=O)O)C7OC8(O)C(OC(CO)C(O)C8O)OC7C6O)C(C)(CO)C5CCC43C)C2CC1(C)C. The molecule has 0 aromatic heterocycles. The standard InChI is InChI=1S/C47H74O18/c1-9-21(2)38(58)64-36-35(55)46(20-50)23(16-41(36,3)4)22-10-11-26-42(5)14-13-28(43(6,19-49)25(42)12-15-44(26,7)45(22,8)17-27(46)51)61-39-30(53)31-32(33(62-39)37(56)57)65-47(59)34(54)29(52)24(18-48)60-40(47)63-31/h10,21,23-36,39-40,48-55,59H,9,11-20H2,1-8H3,(H,56,57). The molecular weight excluding hydrogens is 852 g/mol. The number of carbonyl (C=O) groups excluding carboxylic acids is 1. The Labute approximate surface area is 380 Å². The molecule has 3 aliphatic heterocycles. The smallest absolute Gasteiger partial charge is 0.335 e. The van der Waals surface area contributed by atoms with Crippen molar-refractivity contribution in [1.82, 2.24) is 0 Å². The monoisotopic (exact) mass is 926 g/mol. The van der Waals surface area contributed by atoms with Gasteiger partial charge in [0.1, 0.15) is 48.8 Å². The molecule has 3 heterocycles. The van der Waals surface area contributed by atoms with Crippen molar-refractivity contribution in [3.8, 4) is 0 Å². The van der Waals surface area contributed by atoms with E-state index in [2.05, 4.69) is 26.8 Å². The molecule has 0 bridgehead atoms. The number of carboxylic acids is 1. The van der Waals surface area contributed by atoms with E-state index < -0.39 is 138 Å². The first kappa shape index (κ1) is 49.5. The minimum absolute atomic E-state index is 0.0567. The molecule has 0 spiro atoms. The van der Waals surface area contributed by atoms with Gasteiger partial charge < -0.3 is 79.5 Å². The van der Waals surface area contributed by atoms with Gasteiger partial charge in [0, 0.05) is 10.8 Å². The predicted octanol–water partition coefficient (Wildman–Crippen LogP) is 0.729. The highest BCUT2D eigenvalue weighted by Crippen LogP contribution is 2.76. The summed E-state index contributed by atoms with van der Waals surface area (Å²) in [6, 6.07) is 0. The molecule has 370 valence electrons. The first-order valence-electron chi connectivity index (χ1n) is 23.7. The average Bonchev–Trinajstić information content (AvgIpc) is 3.25. The van der Waals surface area contributed by atoms with Gasteiger partial charge in [-0.2, -0.15) is 0 Å². The number of aliphatic hydroxyl groups excluding tert-OH is 8. The number of allylic oxidation sites excluding steroid dienone is 2. The lowest BCUT2D eigenvalue weighted by Gasteiger charge is -2.72. The first-order valence-corrected chi connectivity index (χ1v) is 23.7. The summed E-state index contributed by atoms with van der Waals surface area (Å²) in [6.45, 7) is 14.8. The van der Waals surface area contributed by atoms with Gasteiger partial charge >= 0.3 is 11.9 Å². The van der Waals surface area contributed by atoms with Crippen molar-refractivity contribution in [2.75, 3.05) is 19.8 Å². The van der Waals surface area contributed by atoms with Crippen molar-refractivity contribution in [1.29, 1.82) is 0 Å². The molecule has 5 aliphatic carbocycles. The van der Waals surface area contributed by atoms with Crippen LogP contribution in [0.3, 0.4) is 0 Å². The van der Waals surface area contributed by atoms with Crippen LogP contribution in [0.25, 0.3) is 0 Å². The Morgan fingerprint density at radius 1 is 0.862 bits per heavy atom. The lowest BCUT2D eigenvalue weighted by molar-refractivity contribution is -0.488. The summed E-state index contributed by atoms with van der Waals surface area (Å²) in [5.74, 6) is -5.59. The number of carbonyl (C=O) groups is 2. The van der Waals surface area contributed by atoms with E-state index in [0.29, 0.717) is 44.9 Å². The Balaban J connectivity index is 1.06. The molecule has 0 aromatic carbocycles. The van der Waals surface area contributed by atoms with Crippen LogP contribution in [0.4, 0.5) is 0 Å². The van der Waals surface area contributed by atoms with E-state index in [1.54, 1.807) is 6.92 Å². The number of hydrogen-bond acceptors (Lipinski definition) is 17. The Hall–Kier alpha value is -1.88. The van der Waals surface area contributed by atoms with Gasteiger partial charge in [-0.3, -0.25) is 4.79 Å². The third-order valence-corrected chi connectivity index (χ3v) is 19.3. The molecule has 10 N–H and O–H groups in total. The van der Waals surface area contributed by atoms with Crippen molar-refractivity contribution < 1.29 is 89.1 Å². The fourth-order valence-corrected chi connectivity index (χ4v) is 15.0. The third-order valence-electron chi connectivity index (χ3n) is 19.3. The quantitative estimate of drug-likeness (QED) is 0.0866. The highest BCUT2D eigenvalue weighted by Gasteiger charge is 2.74. The second-order valence-corrected chi connectivity index (χ2v) is 22.8. The third kappa shape index (κ3) is 6.84. The molecule has 23 atom stereocenters. The zero-order chi connectivity index (χ0) is 47.8. The Morgan fingerprint density at radius 2 is 1.55 bits per heavy atom. The number of carboxylic acid groups (broad SMARTS) is 1. The molecule has 8 rings (SSSR count). The second-order valence-electron chi connectivity index (χ2n) is 22.8. The van der Waals surface area contributed by atoms with Gasteiger partial charge in [-0.1, -0.05) is 67.0 Å². The van der Waals surface area contributed by atoms with Crippen LogP contribution < -0.4 is 0 Å². The van der Waals surface area contributed by atoms with Crippen LogP contribution in [0.5, 0.6) is 0 Å². The van der Waals surface area contributed by atoms with Gasteiger partial charge in [-0.15, -0.1) is 0 Å². The highest BCUT2D eigenvalue weighted by molar-refractivity contribution is 5.73. The van der Waals surface area contributed by atoms with Gasteiger partial charge in [-0.25, -0.2) is 4.79 Å². The fraction of sp³-hybridized carbons (Fsp3) is 0.915. The lowest BCUT2D eigenvalue weighted by atomic mass is 9.33. The van der Waals surface area contributed by atoms with Gasteiger partial charge in [0.2, 0.25) is 12.1 Å². The summed E-state index contributed by atoms with van der Waals surface area (Å²) < 4.78 is 35.6. The number of ether oxygens (including phenoxy) is 6. The van der Waals surface area contributed by atoms with Gasteiger partial charge in [0.25, 0.3) is 0 Å². The molecule has 0 radical (unpaired) electrons. The topological polar surface area (TPSA) is 292 Å². The largest absolute Gasteiger partial charge is 0.479 e. The van der Waals surface area contributed by atoms with Crippen LogP contribution in [0, 0.1) is 56.2 Å². The molecule has 7 fully saturated rings. The van der Waals surface area contributed by atoms with Crippen molar-refractivity contribution in [3.05, 3.63) is 11.6 Å². The molecule has 3 saturated heterocycles. The van der Waals surface area contributed by atoms with Crippen LogP contribution >= 0.6 is 0 Å². The van der Waals surface area contributed by atoms with Crippen molar-refractivity contribution >= 4 is 11.9 Å². The molecule has 8 aliphatic rings. The molecular formula is C47H74O18. The maximum Gasteiger partial charge on any atom is 0.335 e. The zero-order valence-corrected chi connectivity index (χ0v) is 38.9. The van der Waals surface area contributed by atoms with E-state index in [1.807, 2.05) is 27.7 Å². The minimum Gasteiger partial charge on any atom is -0.479 e. The van der Waals surface area contributed by atoms with E-state index in [0.717, 1.165) is 5.57 Å².